The number of nitrogens with one attached hydrogen (secondary N) is 1. The Hall–Kier alpha value is -2.47. The molecule has 21 heavy (non-hydrogen) atoms. The van der Waals surface area contributed by atoms with Gasteiger partial charge in [0.05, 0.1) is 0 Å². The second-order valence-electron chi connectivity index (χ2n) is 4.28. The van der Waals surface area contributed by atoms with Crippen LogP contribution >= 0.6 is 0 Å². The summed E-state index contributed by atoms with van der Waals surface area (Å²) in [7, 11) is 0. The minimum Gasteiger partial charge on any atom is -0.483 e. The normalized spacial score (nSPS) is 10.2. The fourth-order valence-corrected chi connectivity index (χ4v) is 1.73. The van der Waals surface area contributed by atoms with Crippen LogP contribution in [0.15, 0.2) is 42.5 Å². The van der Waals surface area contributed by atoms with E-state index in [9.17, 15) is 13.6 Å². The van der Waals surface area contributed by atoms with Gasteiger partial charge in [-0.2, -0.15) is 0 Å². The van der Waals surface area contributed by atoms with Crippen molar-refractivity contribution in [2.45, 2.75) is 6.54 Å². The van der Waals surface area contributed by atoms with Crippen molar-refractivity contribution in [3.05, 3.63) is 59.7 Å². The van der Waals surface area contributed by atoms with Crippen molar-refractivity contribution in [1.82, 2.24) is 0 Å². The number of nitrogens with two attached hydrogens (primary N) is 1. The van der Waals surface area contributed by atoms with E-state index >= 15 is 0 Å². The molecule has 6 heteroatoms. The van der Waals surface area contributed by atoms with E-state index in [2.05, 4.69) is 5.32 Å². The molecule has 0 radical (unpaired) electrons. The van der Waals surface area contributed by atoms with E-state index in [-0.39, 0.29) is 12.3 Å². The first-order valence-corrected chi connectivity index (χ1v) is 6.26. The van der Waals surface area contributed by atoms with Gasteiger partial charge in [0.1, 0.15) is 5.75 Å². The zero-order valence-electron chi connectivity index (χ0n) is 11.1. The largest absolute Gasteiger partial charge is 0.483 e. The van der Waals surface area contributed by atoms with Gasteiger partial charge in [-0.25, -0.2) is 8.78 Å². The molecule has 4 nitrogen and oxygen atoms in total. The molecule has 0 aromatic heterocycles. The summed E-state index contributed by atoms with van der Waals surface area (Å²) in [5.41, 5.74) is 6.49. The van der Waals surface area contributed by atoms with E-state index in [0.29, 0.717) is 12.3 Å². The smallest absolute Gasteiger partial charge is 0.262 e. The zero-order valence-corrected chi connectivity index (χ0v) is 11.1. The predicted molar refractivity (Wildman–Crippen MR) is 74.8 cm³/mol. The number of hydrogen-bond acceptors (Lipinski definition) is 3. The van der Waals surface area contributed by atoms with Gasteiger partial charge in [-0.15, -0.1) is 0 Å². The van der Waals surface area contributed by atoms with Gasteiger partial charge < -0.3 is 15.8 Å². The van der Waals surface area contributed by atoms with Crippen molar-refractivity contribution in [2.24, 2.45) is 5.73 Å². The van der Waals surface area contributed by atoms with Crippen LogP contribution in [0, 0.1) is 11.6 Å². The monoisotopic (exact) mass is 292 g/mol. The van der Waals surface area contributed by atoms with Gasteiger partial charge in [-0.3, -0.25) is 4.79 Å². The lowest BCUT2D eigenvalue weighted by molar-refractivity contribution is -0.118. The molecule has 2 aromatic carbocycles. The second kappa shape index (κ2) is 6.81. The highest BCUT2D eigenvalue weighted by molar-refractivity contribution is 5.91. The first-order chi connectivity index (χ1) is 10.1. The Morgan fingerprint density at radius 3 is 2.62 bits per heavy atom. The van der Waals surface area contributed by atoms with Gasteiger partial charge in [0.15, 0.2) is 18.2 Å². The van der Waals surface area contributed by atoms with Crippen LogP contribution in [-0.2, 0) is 11.3 Å². The molecule has 0 spiro atoms. The summed E-state index contributed by atoms with van der Waals surface area (Å²) < 4.78 is 31.1. The minimum atomic E-state index is -1.03. The zero-order chi connectivity index (χ0) is 15.2. The Kier molecular flexibility index (Phi) is 4.84. The van der Waals surface area contributed by atoms with E-state index in [0.717, 1.165) is 17.7 Å². The molecule has 0 heterocycles. The molecule has 1 amide bonds. The van der Waals surface area contributed by atoms with Gasteiger partial charge >= 0.3 is 0 Å². The Morgan fingerprint density at radius 1 is 1.14 bits per heavy atom. The number of halogens is 2. The molecule has 0 aliphatic rings. The number of benzene rings is 2. The van der Waals surface area contributed by atoms with E-state index in [1.807, 2.05) is 6.07 Å². The van der Waals surface area contributed by atoms with Crippen LogP contribution < -0.4 is 15.8 Å². The summed E-state index contributed by atoms with van der Waals surface area (Å²) in [5, 5.41) is 2.42. The molecule has 0 saturated heterocycles. The van der Waals surface area contributed by atoms with E-state index < -0.39 is 17.5 Å². The lowest BCUT2D eigenvalue weighted by atomic mass is 10.2. The van der Waals surface area contributed by atoms with Crippen LogP contribution in [0.1, 0.15) is 5.56 Å². The molecule has 2 aromatic rings. The maximum Gasteiger partial charge on any atom is 0.262 e. The Labute approximate surface area is 120 Å². The third kappa shape index (κ3) is 4.00. The van der Waals surface area contributed by atoms with Crippen molar-refractivity contribution < 1.29 is 18.3 Å². The number of anilines is 1. The average Bonchev–Trinajstić information content (AvgIpc) is 2.49. The third-order valence-corrected chi connectivity index (χ3v) is 2.75. The predicted octanol–water partition coefficient (Wildman–Crippen LogP) is 2.44. The number of carbonyl (C=O) groups is 1. The molecule has 0 saturated carbocycles. The first-order valence-electron chi connectivity index (χ1n) is 6.26. The SMILES string of the molecule is NCc1ccccc1OCC(=O)Nc1ccc(F)c(F)c1. The van der Waals surface area contributed by atoms with Crippen LogP contribution in [0.2, 0.25) is 0 Å². The molecule has 0 fully saturated rings. The summed E-state index contributed by atoms with van der Waals surface area (Å²) in [6.45, 7) is 0.0387. The van der Waals surface area contributed by atoms with Crippen molar-refractivity contribution in [1.29, 1.82) is 0 Å². The summed E-state index contributed by atoms with van der Waals surface area (Å²) in [6.07, 6.45) is 0. The molecule has 0 aliphatic carbocycles. The van der Waals surface area contributed by atoms with Crippen LogP contribution in [0.3, 0.4) is 0 Å². The van der Waals surface area contributed by atoms with Crippen LogP contribution in [0.4, 0.5) is 14.5 Å². The topological polar surface area (TPSA) is 64.3 Å². The summed E-state index contributed by atoms with van der Waals surface area (Å²) in [6, 6.07) is 10.2. The van der Waals surface area contributed by atoms with Crippen molar-refractivity contribution in [3.63, 3.8) is 0 Å². The van der Waals surface area contributed by atoms with E-state index in [1.165, 1.54) is 6.07 Å². The number of hydrogen-bond donors (Lipinski definition) is 2. The van der Waals surface area contributed by atoms with Crippen molar-refractivity contribution >= 4 is 11.6 Å². The van der Waals surface area contributed by atoms with Gasteiger partial charge in [0, 0.05) is 23.9 Å². The van der Waals surface area contributed by atoms with Crippen molar-refractivity contribution in [2.75, 3.05) is 11.9 Å². The summed E-state index contributed by atoms with van der Waals surface area (Å²) in [5.74, 6) is -1.96. The summed E-state index contributed by atoms with van der Waals surface area (Å²) >= 11 is 0. The quantitative estimate of drug-likeness (QED) is 0.889. The average molecular weight is 292 g/mol. The number of carbonyl (C=O) groups excluding carboxylic acids is 1. The van der Waals surface area contributed by atoms with Crippen LogP contribution in [-0.4, -0.2) is 12.5 Å². The van der Waals surface area contributed by atoms with Gasteiger partial charge in [-0.1, -0.05) is 18.2 Å². The number of rotatable bonds is 5. The Balaban J connectivity index is 1.94. The molecule has 0 atom stereocenters. The summed E-state index contributed by atoms with van der Waals surface area (Å²) in [4.78, 5) is 11.7. The van der Waals surface area contributed by atoms with Gasteiger partial charge in [0.25, 0.3) is 5.91 Å². The Morgan fingerprint density at radius 2 is 1.90 bits per heavy atom. The van der Waals surface area contributed by atoms with Gasteiger partial charge in [0.2, 0.25) is 0 Å². The van der Waals surface area contributed by atoms with Crippen LogP contribution in [0.25, 0.3) is 0 Å². The second-order valence-corrected chi connectivity index (χ2v) is 4.28. The highest BCUT2D eigenvalue weighted by Gasteiger charge is 2.08. The van der Waals surface area contributed by atoms with Gasteiger partial charge in [-0.05, 0) is 18.2 Å². The molecule has 0 aliphatic heterocycles. The molecule has 3 N–H and O–H groups in total. The molecular weight excluding hydrogens is 278 g/mol. The van der Waals surface area contributed by atoms with Crippen LogP contribution in [0.5, 0.6) is 5.75 Å². The molecule has 0 bridgehead atoms. The fraction of sp³-hybridized carbons (Fsp3) is 0.133. The highest BCUT2D eigenvalue weighted by atomic mass is 19.2. The van der Waals surface area contributed by atoms with Crippen molar-refractivity contribution in [3.8, 4) is 5.75 Å². The first kappa shape index (κ1) is 14.9. The Bertz CT molecular complexity index is 647. The highest BCUT2D eigenvalue weighted by Crippen LogP contribution is 2.17. The molecular formula is C15H14F2N2O2. The maximum absolute atomic E-state index is 13.0. The van der Waals surface area contributed by atoms with E-state index in [1.54, 1.807) is 18.2 Å². The lowest BCUT2D eigenvalue weighted by Crippen LogP contribution is -2.20. The molecule has 110 valence electrons. The van der Waals surface area contributed by atoms with E-state index in [4.69, 9.17) is 10.5 Å². The minimum absolute atomic E-state index is 0.162. The molecule has 2 rings (SSSR count). The lowest BCUT2D eigenvalue weighted by Gasteiger charge is -2.10. The number of amides is 1. The maximum atomic E-state index is 13.0. The standard InChI is InChI=1S/C15H14F2N2O2/c16-12-6-5-11(7-13(12)17)19-15(20)9-21-14-4-2-1-3-10(14)8-18/h1-7H,8-9,18H2,(H,19,20). The number of para-hydroxylation sites is 1. The third-order valence-electron chi connectivity index (χ3n) is 2.75. The number of ether oxygens (including phenoxy) is 1. The molecule has 0 unspecified atom stereocenters. The fourth-order valence-electron chi connectivity index (χ4n) is 1.73.